The van der Waals surface area contributed by atoms with Gasteiger partial charge in [-0.05, 0) is 73.7 Å². The fourth-order valence-electron chi connectivity index (χ4n) is 3.84. The van der Waals surface area contributed by atoms with E-state index in [-0.39, 0.29) is 17.6 Å². The lowest BCUT2D eigenvalue weighted by molar-refractivity contribution is 0.0696. The van der Waals surface area contributed by atoms with Crippen molar-refractivity contribution < 1.29 is 14.6 Å². The molecule has 158 valence electrons. The number of carboxylic acid groups (broad SMARTS) is 1. The molecule has 0 aromatic heterocycles. The molecule has 2 aliphatic rings. The Morgan fingerprint density at radius 1 is 1.26 bits per heavy atom. The van der Waals surface area contributed by atoms with E-state index in [1.807, 2.05) is 6.07 Å². The van der Waals surface area contributed by atoms with Crippen molar-refractivity contribution in [1.29, 1.82) is 5.26 Å². The maximum atomic E-state index is 11.4. The topological polar surface area (TPSA) is 82.3 Å². The number of carboxylic acids is 1. The number of benzene rings is 2. The Kier molecular flexibility index (Phi) is 6.32. The van der Waals surface area contributed by atoms with E-state index >= 15 is 0 Å². The van der Waals surface area contributed by atoms with Crippen LogP contribution in [0.2, 0.25) is 5.02 Å². The first-order chi connectivity index (χ1) is 15.0. The van der Waals surface area contributed by atoms with E-state index in [1.165, 1.54) is 11.9 Å². The van der Waals surface area contributed by atoms with Gasteiger partial charge >= 0.3 is 5.97 Å². The van der Waals surface area contributed by atoms with Crippen LogP contribution in [0.4, 0.5) is 5.69 Å². The number of anilines is 1. The molecular weight excluding hydrogens is 432 g/mol. The highest BCUT2D eigenvalue weighted by molar-refractivity contribution is 8.00. The summed E-state index contributed by atoms with van der Waals surface area (Å²) in [6.45, 7) is 0. The zero-order valence-corrected chi connectivity index (χ0v) is 18.3. The van der Waals surface area contributed by atoms with Crippen molar-refractivity contribution in [2.75, 3.05) is 4.72 Å². The second-order valence-electron chi connectivity index (χ2n) is 7.84. The molecule has 31 heavy (non-hydrogen) atoms. The Bertz CT molecular complexity index is 1100. The summed E-state index contributed by atoms with van der Waals surface area (Å²) in [4.78, 5) is 12.3. The number of hydrogen-bond acceptors (Lipinski definition) is 5. The Hall–Kier alpha value is -2.80. The van der Waals surface area contributed by atoms with Gasteiger partial charge in [0.1, 0.15) is 17.9 Å². The molecule has 0 amide bonds. The smallest absolute Gasteiger partial charge is 0.335 e. The van der Waals surface area contributed by atoms with Crippen LogP contribution < -0.4 is 9.46 Å². The van der Waals surface area contributed by atoms with E-state index in [0.717, 1.165) is 42.6 Å². The second kappa shape index (κ2) is 9.14. The van der Waals surface area contributed by atoms with Gasteiger partial charge in [0.25, 0.3) is 0 Å². The van der Waals surface area contributed by atoms with Gasteiger partial charge in [-0.3, -0.25) is 0 Å². The van der Waals surface area contributed by atoms with Gasteiger partial charge in [0.2, 0.25) is 0 Å². The van der Waals surface area contributed by atoms with Crippen LogP contribution in [0.1, 0.15) is 59.5 Å². The predicted molar refractivity (Wildman–Crippen MR) is 122 cm³/mol. The van der Waals surface area contributed by atoms with Crippen molar-refractivity contribution in [3.8, 4) is 24.2 Å². The van der Waals surface area contributed by atoms with Gasteiger partial charge in [-0.1, -0.05) is 23.6 Å². The van der Waals surface area contributed by atoms with Crippen LogP contribution in [0.5, 0.6) is 5.75 Å². The minimum Gasteiger partial charge on any atom is -0.487 e. The van der Waals surface area contributed by atoms with Gasteiger partial charge < -0.3 is 14.6 Å². The van der Waals surface area contributed by atoms with Crippen LogP contribution in [0.3, 0.4) is 0 Å². The van der Waals surface area contributed by atoms with Crippen molar-refractivity contribution in [2.45, 2.75) is 49.0 Å². The molecule has 7 heteroatoms. The highest BCUT2D eigenvalue weighted by Crippen LogP contribution is 2.45. The molecule has 2 saturated carbocycles. The molecule has 2 fully saturated rings. The predicted octanol–water partition coefficient (Wildman–Crippen LogP) is 6.09. The number of aromatic carboxylic acids is 1. The summed E-state index contributed by atoms with van der Waals surface area (Å²) < 4.78 is 9.49. The fraction of sp³-hybridized carbons (Fsp3) is 0.333. The average molecular weight is 453 g/mol. The van der Waals surface area contributed by atoms with Crippen molar-refractivity contribution in [2.24, 2.45) is 5.92 Å². The largest absolute Gasteiger partial charge is 0.487 e. The first kappa shape index (κ1) is 21.4. The highest BCUT2D eigenvalue weighted by Gasteiger charge is 2.29. The number of carbonyl (C=O) groups is 1. The number of terminal acetylenes is 1. The highest BCUT2D eigenvalue weighted by atomic mass is 35.5. The van der Waals surface area contributed by atoms with E-state index < -0.39 is 5.97 Å². The molecule has 4 rings (SSSR count). The van der Waals surface area contributed by atoms with Crippen LogP contribution in [0, 0.1) is 29.6 Å². The van der Waals surface area contributed by atoms with Crippen LogP contribution in [0.25, 0.3) is 0 Å². The number of halogens is 1. The Labute approximate surface area is 190 Å². The third-order valence-electron chi connectivity index (χ3n) is 5.68. The number of nitrogens with zero attached hydrogens (tertiary/aromatic N) is 1. The zero-order chi connectivity index (χ0) is 22.0. The van der Waals surface area contributed by atoms with Crippen LogP contribution in [-0.2, 0) is 0 Å². The van der Waals surface area contributed by atoms with Crippen molar-refractivity contribution in [3.05, 3.63) is 52.0 Å². The summed E-state index contributed by atoms with van der Waals surface area (Å²) in [6, 6.07) is 10.6. The molecule has 2 aromatic carbocycles. The minimum absolute atomic E-state index is 0.0450. The lowest BCUT2D eigenvalue weighted by Gasteiger charge is -2.21. The normalized spacial score (nSPS) is 20.0. The number of rotatable bonds is 7. The lowest BCUT2D eigenvalue weighted by Crippen LogP contribution is -2.20. The number of hydrogen-bond donors (Lipinski definition) is 2. The minimum atomic E-state index is -0.965. The van der Waals surface area contributed by atoms with Crippen LogP contribution >= 0.6 is 23.5 Å². The third kappa shape index (κ3) is 4.77. The van der Waals surface area contributed by atoms with Gasteiger partial charge in [-0.25, -0.2) is 4.79 Å². The van der Waals surface area contributed by atoms with E-state index in [0.29, 0.717) is 27.9 Å². The van der Waals surface area contributed by atoms with E-state index in [2.05, 4.69) is 16.7 Å². The van der Waals surface area contributed by atoms with E-state index in [1.54, 1.807) is 24.3 Å². The standard InChI is InChI=1S/C24H21ClN2O3S/c1-2-14-4-3-5-21(14)30-22-12-19(25)17(13-26)10-20(22)27-31-23-11-16(24(28)29)8-9-18(23)15-6-7-15/h1,8-12,14-15,21,27H,3-7H2,(H,28,29). The lowest BCUT2D eigenvalue weighted by atomic mass is 10.1. The summed E-state index contributed by atoms with van der Waals surface area (Å²) in [7, 11) is 0. The Morgan fingerprint density at radius 3 is 2.74 bits per heavy atom. The van der Waals surface area contributed by atoms with E-state index in [9.17, 15) is 15.2 Å². The molecule has 5 nitrogen and oxygen atoms in total. The molecule has 2 unspecified atom stereocenters. The summed E-state index contributed by atoms with van der Waals surface area (Å²) in [6.07, 6.45) is 10.5. The van der Waals surface area contributed by atoms with Gasteiger partial charge in [0.05, 0.1) is 27.8 Å². The SMILES string of the molecule is C#CC1CCCC1Oc1cc(Cl)c(C#N)cc1NSc1cc(C(=O)O)ccc1C1CC1. The Morgan fingerprint density at radius 2 is 2.06 bits per heavy atom. The molecule has 0 aliphatic heterocycles. The summed E-state index contributed by atoms with van der Waals surface area (Å²) in [5, 5.41) is 19.1. The number of nitrogens with one attached hydrogen (secondary N) is 1. The van der Waals surface area contributed by atoms with Gasteiger partial charge in [0.15, 0.2) is 0 Å². The van der Waals surface area contributed by atoms with Crippen molar-refractivity contribution in [3.63, 3.8) is 0 Å². The molecule has 0 saturated heterocycles. The molecule has 2 atom stereocenters. The van der Waals surface area contributed by atoms with E-state index in [4.69, 9.17) is 22.8 Å². The van der Waals surface area contributed by atoms with Gasteiger partial charge in [0, 0.05) is 11.0 Å². The first-order valence-corrected chi connectivity index (χ1v) is 11.4. The third-order valence-corrected chi connectivity index (χ3v) is 6.89. The monoisotopic (exact) mass is 452 g/mol. The molecule has 2 aliphatic carbocycles. The van der Waals surface area contributed by atoms with Gasteiger partial charge in [-0.15, -0.1) is 6.42 Å². The fourth-order valence-corrected chi connectivity index (χ4v) is 4.95. The molecule has 0 heterocycles. The molecule has 0 bridgehead atoms. The summed E-state index contributed by atoms with van der Waals surface area (Å²) in [5.74, 6) is 2.87. The van der Waals surface area contributed by atoms with Gasteiger partial charge in [-0.2, -0.15) is 5.26 Å². The Balaban J connectivity index is 1.62. The van der Waals surface area contributed by atoms with Crippen LogP contribution in [0.15, 0.2) is 35.2 Å². The summed E-state index contributed by atoms with van der Waals surface area (Å²) in [5.41, 5.74) is 2.30. The molecule has 2 N–H and O–H groups in total. The summed E-state index contributed by atoms with van der Waals surface area (Å²) >= 11 is 7.58. The second-order valence-corrected chi connectivity index (χ2v) is 9.09. The van der Waals surface area contributed by atoms with Crippen molar-refractivity contribution in [1.82, 2.24) is 0 Å². The first-order valence-electron chi connectivity index (χ1n) is 10.2. The van der Waals surface area contributed by atoms with Crippen molar-refractivity contribution >= 4 is 35.2 Å². The number of nitriles is 1. The molecule has 2 aromatic rings. The molecule has 0 spiro atoms. The molecular formula is C24H21ClN2O3S. The number of ether oxygens (including phenoxy) is 1. The quantitative estimate of drug-likeness (QED) is 0.391. The maximum absolute atomic E-state index is 11.4. The maximum Gasteiger partial charge on any atom is 0.335 e. The average Bonchev–Trinajstić information content (AvgIpc) is 3.51. The molecule has 0 radical (unpaired) electrons. The zero-order valence-electron chi connectivity index (χ0n) is 16.7. The van der Waals surface area contributed by atoms with Crippen LogP contribution in [-0.4, -0.2) is 17.2 Å².